The van der Waals surface area contributed by atoms with Crippen molar-refractivity contribution in [3.63, 3.8) is 0 Å². The molecule has 1 aliphatic carbocycles. The Kier molecular flexibility index (Phi) is 4.16. The van der Waals surface area contributed by atoms with Gasteiger partial charge in [-0.1, -0.05) is 30.3 Å². The Hall–Kier alpha value is -2.73. The van der Waals surface area contributed by atoms with Crippen molar-refractivity contribution in [2.24, 2.45) is 11.8 Å². The van der Waals surface area contributed by atoms with Crippen molar-refractivity contribution in [2.75, 3.05) is 19.6 Å². The molecule has 0 amide bonds. The molecule has 1 saturated carbocycles. The molecule has 5 rings (SSSR count). The van der Waals surface area contributed by atoms with E-state index in [9.17, 15) is 14.0 Å². The lowest BCUT2D eigenvalue weighted by molar-refractivity contribution is 0.187. The normalized spacial score (nSPS) is 24.2. The second-order valence-electron chi connectivity index (χ2n) is 7.98. The molecule has 1 aliphatic heterocycles. The molecule has 3 atom stereocenters. The lowest BCUT2D eigenvalue weighted by Gasteiger charge is -2.40. The Bertz CT molecular complexity index is 1150. The van der Waals surface area contributed by atoms with E-state index in [2.05, 4.69) is 9.88 Å². The van der Waals surface area contributed by atoms with Gasteiger partial charge in [-0.05, 0) is 47.9 Å². The van der Waals surface area contributed by atoms with Gasteiger partial charge in [0.15, 0.2) is 0 Å². The average molecular weight is 379 g/mol. The van der Waals surface area contributed by atoms with Crippen molar-refractivity contribution in [3.8, 4) is 0 Å². The number of aromatic amines is 1. The first-order chi connectivity index (χ1) is 13.6. The van der Waals surface area contributed by atoms with Crippen molar-refractivity contribution in [1.29, 1.82) is 0 Å². The minimum absolute atomic E-state index is 0.112. The molecule has 3 aromatic rings. The molecular weight excluding hydrogens is 357 g/mol. The quantitative estimate of drug-likeness (QED) is 0.758. The number of hydrogen-bond donors (Lipinski definition) is 1. The van der Waals surface area contributed by atoms with Crippen molar-refractivity contribution in [2.45, 2.75) is 18.9 Å². The van der Waals surface area contributed by atoms with Crippen molar-refractivity contribution in [1.82, 2.24) is 14.5 Å². The third-order valence-electron chi connectivity index (χ3n) is 6.47. The monoisotopic (exact) mass is 379 g/mol. The van der Waals surface area contributed by atoms with Crippen molar-refractivity contribution in [3.05, 3.63) is 80.7 Å². The van der Waals surface area contributed by atoms with Crippen LogP contribution in [0.15, 0.2) is 58.1 Å². The highest BCUT2D eigenvalue weighted by Gasteiger charge is 2.47. The Morgan fingerprint density at radius 1 is 1.00 bits per heavy atom. The number of H-pyrrole nitrogens is 1. The van der Waals surface area contributed by atoms with Gasteiger partial charge in [0.2, 0.25) is 0 Å². The van der Waals surface area contributed by atoms with Gasteiger partial charge in [0.1, 0.15) is 5.82 Å². The summed E-state index contributed by atoms with van der Waals surface area (Å²) >= 11 is 0. The fourth-order valence-corrected chi connectivity index (χ4v) is 4.96. The number of para-hydroxylation sites is 1. The smallest absolute Gasteiger partial charge is 0.307 e. The largest absolute Gasteiger partial charge is 0.328 e. The predicted molar refractivity (Wildman–Crippen MR) is 106 cm³/mol. The fourth-order valence-electron chi connectivity index (χ4n) is 4.96. The summed E-state index contributed by atoms with van der Waals surface area (Å²) in [6, 6.07) is 14.1. The van der Waals surface area contributed by atoms with Crippen LogP contribution in [0.1, 0.15) is 17.9 Å². The van der Waals surface area contributed by atoms with E-state index in [1.807, 2.05) is 12.1 Å². The minimum atomic E-state index is -0.366. The van der Waals surface area contributed by atoms with Gasteiger partial charge in [-0.2, -0.15) is 0 Å². The summed E-state index contributed by atoms with van der Waals surface area (Å²) in [5, 5.41) is 0.531. The molecule has 0 spiro atoms. The zero-order valence-corrected chi connectivity index (χ0v) is 15.5. The van der Waals surface area contributed by atoms with Gasteiger partial charge in [0, 0.05) is 26.2 Å². The van der Waals surface area contributed by atoms with Gasteiger partial charge < -0.3 is 9.88 Å². The summed E-state index contributed by atoms with van der Waals surface area (Å²) in [5.41, 5.74) is 0.786. The summed E-state index contributed by atoms with van der Waals surface area (Å²) in [6.07, 6.45) is 1.01. The molecular formula is C22H22FN3O2. The highest BCUT2D eigenvalue weighted by Crippen LogP contribution is 2.51. The number of fused-ring (bicyclic) bond motifs is 2. The van der Waals surface area contributed by atoms with Crippen LogP contribution in [0.3, 0.4) is 0 Å². The molecule has 0 radical (unpaired) electrons. The second kappa shape index (κ2) is 6.71. The molecule has 3 unspecified atom stereocenters. The summed E-state index contributed by atoms with van der Waals surface area (Å²) in [5.74, 6) is 1.21. The Balaban J connectivity index is 1.29. The fraction of sp³-hybridized carbons (Fsp3) is 0.364. The third kappa shape index (κ3) is 2.79. The van der Waals surface area contributed by atoms with Crippen LogP contribution in [0.5, 0.6) is 0 Å². The summed E-state index contributed by atoms with van der Waals surface area (Å²) in [4.78, 5) is 30.1. The van der Waals surface area contributed by atoms with Crippen LogP contribution < -0.4 is 11.2 Å². The van der Waals surface area contributed by atoms with Crippen LogP contribution >= 0.6 is 0 Å². The molecule has 1 saturated heterocycles. The molecule has 6 heteroatoms. The van der Waals surface area contributed by atoms with Crippen LogP contribution in [0.2, 0.25) is 0 Å². The molecule has 5 nitrogen and oxygen atoms in total. The van der Waals surface area contributed by atoms with Gasteiger partial charge in [-0.3, -0.25) is 9.36 Å². The maximum Gasteiger partial charge on any atom is 0.328 e. The molecule has 1 N–H and O–H groups in total. The van der Waals surface area contributed by atoms with Crippen molar-refractivity contribution >= 4 is 10.9 Å². The topological polar surface area (TPSA) is 58.1 Å². The predicted octanol–water partition coefficient (Wildman–Crippen LogP) is 2.56. The number of aromatic nitrogens is 2. The van der Waals surface area contributed by atoms with Crippen molar-refractivity contribution < 1.29 is 4.39 Å². The van der Waals surface area contributed by atoms with Crippen LogP contribution in [0.4, 0.5) is 4.39 Å². The summed E-state index contributed by atoms with van der Waals surface area (Å²) in [6.45, 7) is 2.86. The molecule has 0 bridgehead atoms. The second-order valence-corrected chi connectivity index (χ2v) is 7.98. The van der Waals surface area contributed by atoms with Gasteiger partial charge in [0.05, 0.1) is 10.9 Å². The molecule has 28 heavy (non-hydrogen) atoms. The first kappa shape index (κ1) is 17.4. The number of hydrogen-bond acceptors (Lipinski definition) is 3. The van der Waals surface area contributed by atoms with Crippen LogP contribution in [0, 0.1) is 17.7 Å². The average Bonchev–Trinajstić information content (AvgIpc) is 2.99. The zero-order valence-electron chi connectivity index (χ0n) is 15.5. The molecule has 2 heterocycles. The SMILES string of the molecule is O=c1[nH]c2ccccc2c(=O)n1CCN1CC2CC(c3ccccc3F)C2C1. The van der Waals surface area contributed by atoms with Gasteiger partial charge in [-0.25, -0.2) is 9.18 Å². The van der Waals surface area contributed by atoms with Crippen LogP contribution in [0.25, 0.3) is 10.9 Å². The Morgan fingerprint density at radius 3 is 2.64 bits per heavy atom. The van der Waals surface area contributed by atoms with E-state index in [0.29, 0.717) is 35.8 Å². The van der Waals surface area contributed by atoms with E-state index in [1.165, 1.54) is 10.6 Å². The molecule has 1 aromatic heterocycles. The van der Waals surface area contributed by atoms with E-state index < -0.39 is 0 Å². The first-order valence-electron chi connectivity index (χ1n) is 9.80. The van der Waals surface area contributed by atoms with E-state index in [0.717, 1.165) is 25.1 Å². The van der Waals surface area contributed by atoms with Gasteiger partial charge >= 0.3 is 5.69 Å². The van der Waals surface area contributed by atoms with Crippen LogP contribution in [-0.2, 0) is 6.54 Å². The van der Waals surface area contributed by atoms with E-state index in [-0.39, 0.29) is 23.0 Å². The number of rotatable bonds is 4. The van der Waals surface area contributed by atoms with Gasteiger partial charge in [-0.15, -0.1) is 0 Å². The summed E-state index contributed by atoms with van der Waals surface area (Å²) < 4.78 is 15.4. The van der Waals surface area contributed by atoms with E-state index in [1.54, 1.807) is 30.3 Å². The lowest BCUT2D eigenvalue weighted by atomic mass is 9.64. The highest BCUT2D eigenvalue weighted by molar-refractivity contribution is 5.76. The molecule has 2 aliphatic rings. The Labute approximate surface area is 161 Å². The number of benzene rings is 2. The number of likely N-dealkylation sites (tertiary alicyclic amines) is 1. The third-order valence-corrected chi connectivity index (χ3v) is 6.47. The maximum absolute atomic E-state index is 14.1. The minimum Gasteiger partial charge on any atom is -0.307 e. The first-order valence-corrected chi connectivity index (χ1v) is 9.80. The molecule has 2 fully saturated rings. The zero-order chi connectivity index (χ0) is 19.3. The Morgan fingerprint density at radius 2 is 1.79 bits per heavy atom. The lowest BCUT2D eigenvalue weighted by Crippen LogP contribution is -2.38. The van der Waals surface area contributed by atoms with Gasteiger partial charge in [0.25, 0.3) is 5.56 Å². The number of nitrogens with zero attached hydrogens (tertiary/aromatic N) is 2. The van der Waals surface area contributed by atoms with E-state index in [4.69, 9.17) is 0 Å². The van der Waals surface area contributed by atoms with E-state index >= 15 is 0 Å². The number of nitrogens with one attached hydrogen (secondary N) is 1. The highest BCUT2D eigenvalue weighted by atomic mass is 19.1. The van der Waals surface area contributed by atoms with Crippen LogP contribution in [-0.4, -0.2) is 34.1 Å². The standard InChI is InChI=1S/C22H22FN3O2/c23-19-7-3-1-5-15(19)17-11-14-12-25(13-18(14)17)9-10-26-21(27)16-6-2-4-8-20(16)24-22(26)28/h1-8,14,17-18H,9-13H2,(H,24,28). The molecule has 144 valence electrons. The molecule has 2 aromatic carbocycles. The maximum atomic E-state index is 14.1. The summed E-state index contributed by atoms with van der Waals surface area (Å²) in [7, 11) is 0. The number of halogens is 1.